The number of rotatable bonds is 7. The van der Waals surface area contributed by atoms with E-state index in [0.29, 0.717) is 0 Å². The van der Waals surface area contributed by atoms with Gasteiger partial charge in [-0.1, -0.05) is 0 Å². The number of halogens is 3. The second kappa shape index (κ2) is 8.59. The monoisotopic (exact) mass is 348 g/mol. The molecule has 6 nitrogen and oxygen atoms in total. The van der Waals surface area contributed by atoms with Crippen molar-refractivity contribution >= 4 is 5.82 Å². The van der Waals surface area contributed by atoms with Crippen LogP contribution in [0.15, 0.2) is 18.3 Å². The van der Waals surface area contributed by atoms with Crippen molar-refractivity contribution in [2.24, 2.45) is 0 Å². The number of hydrogen-bond donors (Lipinski definition) is 1. The van der Waals surface area contributed by atoms with Gasteiger partial charge in [0.1, 0.15) is 6.61 Å². The molecule has 0 spiro atoms. The zero-order valence-corrected chi connectivity index (χ0v) is 13.6. The van der Waals surface area contributed by atoms with Crippen LogP contribution in [-0.2, 0) is 4.74 Å². The fraction of sp³-hybridized carbons (Fsp3) is 0.733. The Hall–Kier alpha value is -1.45. The van der Waals surface area contributed by atoms with Gasteiger partial charge in [-0.05, 0) is 32.0 Å². The van der Waals surface area contributed by atoms with E-state index in [1.54, 1.807) is 6.20 Å². The van der Waals surface area contributed by atoms with Crippen LogP contribution in [0.3, 0.4) is 0 Å². The van der Waals surface area contributed by atoms with Crippen molar-refractivity contribution in [3.63, 3.8) is 0 Å². The van der Waals surface area contributed by atoms with Crippen LogP contribution in [0.25, 0.3) is 0 Å². The Labute approximate surface area is 139 Å². The molecule has 136 valence electrons. The number of aromatic nitrogens is 2. The first kappa shape index (κ1) is 18.9. The van der Waals surface area contributed by atoms with Crippen LogP contribution in [0.5, 0.6) is 0 Å². The van der Waals surface area contributed by atoms with E-state index >= 15 is 0 Å². The van der Waals surface area contributed by atoms with E-state index < -0.39 is 18.9 Å². The van der Waals surface area contributed by atoms with Gasteiger partial charge in [0.25, 0.3) is 0 Å². The molecule has 1 unspecified atom stereocenters. The number of likely N-dealkylation sites (N-methyl/N-ethyl adjacent to an activating group) is 1. The Balaban J connectivity index is 1.69. The van der Waals surface area contributed by atoms with Gasteiger partial charge in [0.05, 0.1) is 12.7 Å². The summed E-state index contributed by atoms with van der Waals surface area (Å²) in [5.74, 6) is 0.846. The zero-order chi connectivity index (χ0) is 17.6. The van der Waals surface area contributed by atoms with E-state index in [1.165, 1.54) is 0 Å². The number of hydrogen-bond acceptors (Lipinski definition) is 6. The summed E-state index contributed by atoms with van der Waals surface area (Å²) in [6, 6.07) is 4.03. The summed E-state index contributed by atoms with van der Waals surface area (Å²) in [6.07, 6.45) is -1.88. The summed E-state index contributed by atoms with van der Waals surface area (Å²) in [5, 5.41) is 17.8. The molecule has 1 aliphatic heterocycles. The van der Waals surface area contributed by atoms with E-state index in [0.717, 1.165) is 31.7 Å². The normalized spacial score (nSPS) is 18.2. The third-order valence-corrected chi connectivity index (χ3v) is 4.04. The lowest BCUT2D eigenvalue weighted by Crippen LogP contribution is -2.46. The van der Waals surface area contributed by atoms with Crippen molar-refractivity contribution in [2.45, 2.75) is 31.2 Å². The Morgan fingerprint density at radius 2 is 2.12 bits per heavy atom. The van der Waals surface area contributed by atoms with Crippen LogP contribution >= 0.6 is 0 Å². The molecule has 1 aromatic heterocycles. The minimum absolute atomic E-state index is 0.273. The first-order valence-corrected chi connectivity index (χ1v) is 7.90. The van der Waals surface area contributed by atoms with Crippen LogP contribution in [0.4, 0.5) is 19.0 Å². The molecule has 1 fully saturated rings. The molecule has 1 aliphatic rings. The molecule has 1 saturated heterocycles. The number of nitrogens with zero attached hydrogens (tertiary/aromatic N) is 4. The summed E-state index contributed by atoms with van der Waals surface area (Å²) in [4.78, 5) is 4.13. The standard InChI is InChI=1S/C15H23F3N4O2/c1-21(9-13(23)10-24-11-15(16,17)18)12-4-7-22(8-5-12)14-3-2-6-19-20-14/h2-3,6,12-13,23H,4-5,7-11H2,1H3. The zero-order valence-electron chi connectivity index (χ0n) is 13.6. The highest BCUT2D eigenvalue weighted by atomic mass is 19.4. The highest BCUT2D eigenvalue weighted by molar-refractivity contribution is 5.36. The Kier molecular flexibility index (Phi) is 6.76. The Morgan fingerprint density at radius 3 is 2.71 bits per heavy atom. The molecular formula is C15H23F3N4O2. The van der Waals surface area contributed by atoms with Crippen LogP contribution in [0.1, 0.15) is 12.8 Å². The van der Waals surface area contributed by atoms with Crippen molar-refractivity contribution in [1.82, 2.24) is 15.1 Å². The smallest absolute Gasteiger partial charge is 0.389 e. The SMILES string of the molecule is CN(CC(O)COCC(F)(F)F)C1CCN(c2cccnn2)CC1. The summed E-state index contributed by atoms with van der Waals surface area (Å²) >= 11 is 0. The molecule has 24 heavy (non-hydrogen) atoms. The first-order valence-electron chi connectivity index (χ1n) is 7.90. The van der Waals surface area contributed by atoms with Gasteiger partial charge < -0.3 is 19.6 Å². The summed E-state index contributed by atoms with van der Waals surface area (Å²) in [5.41, 5.74) is 0. The third kappa shape index (κ3) is 6.21. The van der Waals surface area contributed by atoms with Gasteiger partial charge in [-0.3, -0.25) is 0 Å². The Bertz CT molecular complexity index is 481. The second-order valence-electron chi connectivity index (χ2n) is 6.02. The summed E-state index contributed by atoms with van der Waals surface area (Å²) in [7, 11) is 1.87. The van der Waals surface area contributed by atoms with Gasteiger partial charge in [-0.15, -0.1) is 5.10 Å². The second-order valence-corrected chi connectivity index (χ2v) is 6.02. The molecule has 0 saturated carbocycles. The molecule has 0 aliphatic carbocycles. The number of piperidine rings is 1. The van der Waals surface area contributed by atoms with E-state index in [2.05, 4.69) is 19.8 Å². The lowest BCUT2D eigenvalue weighted by molar-refractivity contribution is -0.179. The van der Waals surface area contributed by atoms with Gasteiger partial charge in [-0.25, -0.2) is 0 Å². The summed E-state index contributed by atoms with van der Waals surface area (Å²) < 4.78 is 40.5. The molecular weight excluding hydrogens is 325 g/mol. The molecule has 0 bridgehead atoms. The molecule has 2 heterocycles. The average Bonchev–Trinajstić information content (AvgIpc) is 2.54. The van der Waals surface area contributed by atoms with Crippen LogP contribution in [0, 0.1) is 0 Å². The number of aliphatic hydroxyl groups is 1. The average molecular weight is 348 g/mol. The van der Waals surface area contributed by atoms with E-state index in [1.807, 2.05) is 24.1 Å². The number of aliphatic hydroxyl groups excluding tert-OH is 1. The largest absolute Gasteiger partial charge is 0.411 e. The molecule has 2 rings (SSSR count). The molecule has 1 N–H and O–H groups in total. The van der Waals surface area contributed by atoms with E-state index in [9.17, 15) is 18.3 Å². The predicted molar refractivity (Wildman–Crippen MR) is 82.8 cm³/mol. The number of anilines is 1. The fourth-order valence-corrected chi connectivity index (χ4v) is 2.84. The van der Waals surface area contributed by atoms with E-state index in [4.69, 9.17) is 0 Å². The number of ether oxygens (including phenoxy) is 1. The van der Waals surface area contributed by atoms with Crippen molar-refractivity contribution in [3.05, 3.63) is 18.3 Å². The molecule has 1 atom stereocenters. The molecule has 1 aromatic rings. The van der Waals surface area contributed by atoms with Crippen molar-refractivity contribution < 1.29 is 23.0 Å². The maximum absolute atomic E-state index is 12.0. The predicted octanol–water partition coefficient (Wildman–Crippen LogP) is 1.32. The third-order valence-electron chi connectivity index (χ3n) is 4.04. The van der Waals surface area contributed by atoms with Crippen molar-refractivity contribution in [2.75, 3.05) is 44.8 Å². The first-order chi connectivity index (χ1) is 11.3. The van der Waals surface area contributed by atoms with Crippen molar-refractivity contribution in [3.8, 4) is 0 Å². The van der Waals surface area contributed by atoms with Gasteiger partial charge in [0, 0.05) is 31.9 Å². The fourth-order valence-electron chi connectivity index (χ4n) is 2.84. The summed E-state index contributed by atoms with van der Waals surface area (Å²) in [6.45, 7) is 0.295. The molecule has 0 aromatic carbocycles. The van der Waals surface area contributed by atoms with Gasteiger partial charge in [0.2, 0.25) is 0 Å². The quantitative estimate of drug-likeness (QED) is 0.802. The lowest BCUT2D eigenvalue weighted by atomic mass is 10.0. The van der Waals surface area contributed by atoms with Crippen LogP contribution in [-0.4, -0.2) is 78.4 Å². The number of alkyl halides is 3. The van der Waals surface area contributed by atoms with Crippen LogP contribution < -0.4 is 4.90 Å². The van der Waals surface area contributed by atoms with Gasteiger partial charge >= 0.3 is 6.18 Å². The molecule has 0 amide bonds. The Morgan fingerprint density at radius 1 is 1.42 bits per heavy atom. The highest BCUT2D eigenvalue weighted by Gasteiger charge is 2.28. The maximum Gasteiger partial charge on any atom is 0.411 e. The molecule has 9 heteroatoms. The minimum atomic E-state index is -4.36. The van der Waals surface area contributed by atoms with Crippen molar-refractivity contribution in [1.29, 1.82) is 0 Å². The minimum Gasteiger partial charge on any atom is -0.389 e. The highest BCUT2D eigenvalue weighted by Crippen LogP contribution is 2.20. The van der Waals surface area contributed by atoms with Gasteiger partial charge in [-0.2, -0.15) is 18.3 Å². The van der Waals surface area contributed by atoms with Gasteiger partial charge in [0.15, 0.2) is 5.82 Å². The topological polar surface area (TPSA) is 61.7 Å². The maximum atomic E-state index is 12.0. The van der Waals surface area contributed by atoms with Crippen LogP contribution in [0.2, 0.25) is 0 Å². The lowest BCUT2D eigenvalue weighted by Gasteiger charge is -2.37. The van der Waals surface area contributed by atoms with E-state index in [-0.39, 0.29) is 19.2 Å². The molecule has 0 radical (unpaired) electrons.